The average Bonchev–Trinajstić information content (AvgIpc) is 2.41. The lowest BCUT2D eigenvalue weighted by Gasteiger charge is -2.31. The Morgan fingerprint density at radius 1 is 1.56 bits per heavy atom. The van der Waals surface area contributed by atoms with E-state index in [0.29, 0.717) is 23.1 Å². The van der Waals surface area contributed by atoms with E-state index in [2.05, 4.69) is 16.6 Å². The molecule has 1 aliphatic heterocycles. The molecule has 2 nitrogen and oxygen atoms in total. The number of methoxy groups -OCH3 is 1. The minimum absolute atomic E-state index is 0.185. The zero-order valence-electron chi connectivity index (χ0n) is 10.4. The van der Waals surface area contributed by atoms with Gasteiger partial charge in [-0.3, -0.25) is 4.90 Å². The van der Waals surface area contributed by atoms with Crippen LogP contribution >= 0.6 is 22.5 Å². The molecule has 0 radical (unpaired) electrons. The van der Waals surface area contributed by atoms with Crippen molar-refractivity contribution < 1.29 is 9.13 Å². The van der Waals surface area contributed by atoms with Crippen molar-refractivity contribution in [1.29, 1.82) is 0 Å². The van der Waals surface area contributed by atoms with Crippen LogP contribution in [-0.2, 0) is 6.54 Å². The Balaban J connectivity index is 2.09. The van der Waals surface area contributed by atoms with E-state index in [9.17, 15) is 4.39 Å². The van der Waals surface area contributed by atoms with Gasteiger partial charge in [-0.05, 0) is 31.5 Å². The standard InChI is InChI=1S/C13H18FNOS2/c1-16-13-6-2-5-12(14)11(13)9-15-7-3-4-10(8-15)18-17/h2,5-6,10,17H,3-4,7-9H2,1H3. The van der Waals surface area contributed by atoms with Crippen LogP contribution in [0.3, 0.4) is 0 Å². The molecule has 1 aliphatic rings. The van der Waals surface area contributed by atoms with E-state index >= 15 is 0 Å². The number of halogens is 1. The Morgan fingerprint density at radius 3 is 3.11 bits per heavy atom. The average molecular weight is 287 g/mol. The molecule has 1 unspecified atom stereocenters. The lowest BCUT2D eigenvalue weighted by atomic mass is 10.1. The molecule has 1 heterocycles. The van der Waals surface area contributed by atoms with Crippen LogP contribution < -0.4 is 4.74 Å². The van der Waals surface area contributed by atoms with Crippen molar-refractivity contribution in [3.8, 4) is 5.75 Å². The fraction of sp³-hybridized carbons (Fsp3) is 0.538. The van der Waals surface area contributed by atoms with E-state index in [1.54, 1.807) is 24.0 Å². The first kappa shape index (κ1) is 14.0. The number of hydrogen-bond donors (Lipinski definition) is 1. The van der Waals surface area contributed by atoms with Crippen LogP contribution in [-0.4, -0.2) is 30.3 Å². The second-order valence-electron chi connectivity index (χ2n) is 4.53. The molecule has 0 amide bonds. The van der Waals surface area contributed by atoms with Crippen LogP contribution in [0.25, 0.3) is 0 Å². The third-order valence-corrected chi connectivity index (χ3v) is 4.87. The summed E-state index contributed by atoms with van der Waals surface area (Å²) in [7, 11) is 3.19. The molecule has 100 valence electrons. The third kappa shape index (κ3) is 3.33. The maximum Gasteiger partial charge on any atom is 0.131 e. The summed E-state index contributed by atoms with van der Waals surface area (Å²) in [5.74, 6) is 0.450. The molecule has 0 aliphatic carbocycles. The molecule has 1 aromatic rings. The number of nitrogens with zero attached hydrogens (tertiary/aromatic N) is 1. The van der Waals surface area contributed by atoms with Gasteiger partial charge in [-0.2, -0.15) is 0 Å². The summed E-state index contributed by atoms with van der Waals surface area (Å²) in [6.45, 7) is 2.59. The second kappa shape index (κ2) is 6.68. The molecular formula is C13H18FNOS2. The molecule has 2 rings (SSSR count). The van der Waals surface area contributed by atoms with Gasteiger partial charge in [-0.25, -0.2) is 4.39 Å². The van der Waals surface area contributed by atoms with Crippen LogP contribution in [0.15, 0.2) is 18.2 Å². The maximum atomic E-state index is 13.8. The summed E-state index contributed by atoms with van der Waals surface area (Å²) in [6, 6.07) is 4.99. The van der Waals surface area contributed by atoms with Crippen LogP contribution in [0, 0.1) is 5.82 Å². The quantitative estimate of drug-likeness (QED) is 0.674. The van der Waals surface area contributed by atoms with Crippen molar-refractivity contribution in [2.75, 3.05) is 20.2 Å². The Labute approximate surface area is 117 Å². The lowest BCUT2D eigenvalue weighted by Crippen LogP contribution is -2.36. The van der Waals surface area contributed by atoms with Crippen LogP contribution in [0.1, 0.15) is 18.4 Å². The van der Waals surface area contributed by atoms with Crippen molar-refractivity contribution in [2.24, 2.45) is 0 Å². The van der Waals surface area contributed by atoms with Crippen LogP contribution in [0.5, 0.6) is 5.75 Å². The molecule has 18 heavy (non-hydrogen) atoms. The number of piperidine rings is 1. The van der Waals surface area contributed by atoms with Gasteiger partial charge in [0, 0.05) is 23.9 Å². The number of ether oxygens (including phenoxy) is 1. The van der Waals surface area contributed by atoms with Crippen LogP contribution in [0.2, 0.25) is 0 Å². The van der Waals surface area contributed by atoms with E-state index in [4.69, 9.17) is 4.74 Å². The van der Waals surface area contributed by atoms with Crippen molar-refractivity contribution in [2.45, 2.75) is 24.6 Å². The van der Waals surface area contributed by atoms with Gasteiger partial charge in [0.2, 0.25) is 0 Å². The van der Waals surface area contributed by atoms with Crippen molar-refractivity contribution in [1.82, 2.24) is 4.90 Å². The van der Waals surface area contributed by atoms with Gasteiger partial charge in [0.05, 0.1) is 7.11 Å². The number of hydrogen-bond acceptors (Lipinski definition) is 4. The van der Waals surface area contributed by atoms with Crippen LogP contribution in [0.4, 0.5) is 4.39 Å². The third-order valence-electron chi connectivity index (χ3n) is 3.29. The normalized spacial score (nSPS) is 20.9. The lowest BCUT2D eigenvalue weighted by molar-refractivity contribution is 0.220. The fourth-order valence-corrected chi connectivity index (χ4v) is 3.42. The zero-order valence-corrected chi connectivity index (χ0v) is 12.1. The molecule has 0 saturated carbocycles. The molecule has 1 aromatic carbocycles. The highest BCUT2D eigenvalue weighted by Crippen LogP contribution is 2.28. The predicted molar refractivity (Wildman–Crippen MR) is 77.8 cm³/mol. The first-order chi connectivity index (χ1) is 8.74. The molecule has 0 aromatic heterocycles. The number of rotatable bonds is 4. The molecule has 0 spiro atoms. The molecule has 0 N–H and O–H groups in total. The van der Waals surface area contributed by atoms with Gasteiger partial charge in [-0.1, -0.05) is 16.9 Å². The second-order valence-corrected chi connectivity index (χ2v) is 6.04. The van der Waals surface area contributed by atoms with E-state index < -0.39 is 0 Å². The molecule has 1 saturated heterocycles. The van der Waals surface area contributed by atoms with Gasteiger partial charge in [0.25, 0.3) is 0 Å². The smallest absolute Gasteiger partial charge is 0.131 e. The molecular weight excluding hydrogens is 269 g/mol. The van der Waals surface area contributed by atoms with E-state index in [0.717, 1.165) is 19.5 Å². The first-order valence-corrected chi connectivity index (χ1v) is 8.01. The van der Waals surface area contributed by atoms with Gasteiger partial charge < -0.3 is 4.74 Å². The Hall–Kier alpha value is -0.390. The highest BCUT2D eigenvalue weighted by Gasteiger charge is 2.21. The Morgan fingerprint density at radius 2 is 2.39 bits per heavy atom. The topological polar surface area (TPSA) is 12.5 Å². The SMILES string of the molecule is COc1cccc(F)c1CN1CCCC(SS)C1. The van der Waals surface area contributed by atoms with Gasteiger partial charge in [-0.15, -0.1) is 11.7 Å². The summed E-state index contributed by atoms with van der Waals surface area (Å²) >= 11 is 4.28. The molecule has 1 fully saturated rings. The zero-order chi connectivity index (χ0) is 13.0. The minimum Gasteiger partial charge on any atom is -0.496 e. The summed E-state index contributed by atoms with van der Waals surface area (Å²) in [6.07, 6.45) is 2.34. The van der Waals surface area contributed by atoms with Gasteiger partial charge in [0.1, 0.15) is 11.6 Å². The summed E-state index contributed by atoms with van der Waals surface area (Å²) in [5, 5.41) is 0.542. The maximum absolute atomic E-state index is 13.8. The molecule has 5 heteroatoms. The van der Waals surface area contributed by atoms with Crippen molar-refractivity contribution in [3.05, 3.63) is 29.6 Å². The van der Waals surface area contributed by atoms with E-state index in [1.807, 2.05) is 6.07 Å². The summed E-state index contributed by atoms with van der Waals surface area (Å²) in [5.41, 5.74) is 0.657. The first-order valence-electron chi connectivity index (χ1n) is 6.08. The van der Waals surface area contributed by atoms with E-state index in [1.165, 1.54) is 12.5 Å². The van der Waals surface area contributed by atoms with Gasteiger partial charge in [0.15, 0.2) is 0 Å². The molecule has 0 bridgehead atoms. The predicted octanol–water partition coefficient (Wildman–Crippen LogP) is 3.38. The molecule has 1 atom stereocenters. The highest BCUT2D eigenvalue weighted by atomic mass is 33.1. The number of likely N-dealkylation sites (tertiary alicyclic amines) is 1. The monoisotopic (exact) mass is 287 g/mol. The summed E-state index contributed by atoms with van der Waals surface area (Å²) < 4.78 is 19.1. The largest absolute Gasteiger partial charge is 0.496 e. The van der Waals surface area contributed by atoms with Gasteiger partial charge >= 0.3 is 0 Å². The Bertz CT molecular complexity index is 403. The van der Waals surface area contributed by atoms with Crippen molar-refractivity contribution in [3.63, 3.8) is 0 Å². The minimum atomic E-state index is -0.185. The fourth-order valence-electron chi connectivity index (χ4n) is 2.35. The number of thiol groups is 1. The summed E-state index contributed by atoms with van der Waals surface area (Å²) in [4.78, 5) is 2.28. The van der Waals surface area contributed by atoms with Crippen molar-refractivity contribution >= 4 is 22.5 Å². The number of benzene rings is 1. The van der Waals surface area contributed by atoms with E-state index in [-0.39, 0.29) is 5.82 Å². The highest BCUT2D eigenvalue weighted by molar-refractivity contribution is 8.68. The Kier molecular flexibility index (Phi) is 5.21.